The third kappa shape index (κ3) is 106. The van der Waals surface area contributed by atoms with E-state index in [2.05, 4.69) is 6.55 Å². The van der Waals surface area contributed by atoms with Crippen molar-refractivity contribution in [2.24, 2.45) is 0 Å². The first-order valence-electron chi connectivity index (χ1n) is 4.68. The summed E-state index contributed by atoms with van der Waals surface area (Å²) < 4.78 is 20.7. The molecule has 0 saturated carbocycles. The van der Waals surface area contributed by atoms with Crippen LogP contribution in [0.1, 0.15) is 9.27 Å². The Balaban J connectivity index is -0.0000000235. The van der Waals surface area contributed by atoms with Crippen molar-refractivity contribution >= 4 is 83.6 Å². The van der Waals surface area contributed by atoms with Crippen LogP contribution >= 0.6 is 33.8 Å². The molecule has 114 valence electrons. The second-order valence-electron chi connectivity index (χ2n) is 3.00. The maximum absolute atomic E-state index is 10.3. The van der Waals surface area contributed by atoms with Crippen molar-refractivity contribution in [1.82, 2.24) is 0 Å². The Morgan fingerprint density at radius 2 is 1.47 bits per heavy atom. The summed E-state index contributed by atoms with van der Waals surface area (Å²) in [5, 5.41) is 0. The zero-order valence-electron chi connectivity index (χ0n) is 13.0. The molecule has 0 aliphatic carbocycles. The number of sulfone groups is 1. The van der Waals surface area contributed by atoms with E-state index in [1.54, 1.807) is 0 Å². The first kappa shape index (κ1) is 30.8. The number of hydrogen-bond donors (Lipinski definition) is 0. The fourth-order valence-corrected chi connectivity index (χ4v) is 1.28. The topological polar surface area (TPSA) is 34.1 Å². The van der Waals surface area contributed by atoms with Gasteiger partial charge in [-0.1, -0.05) is 6.55 Å². The van der Waals surface area contributed by atoms with Crippen LogP contribution in [-0.4, -0.2) is 66.3 Å². The largest absolute Gasteiger partial charge is 2.00 e. The fraction of sp³-hybridized carbons (Fsp3) is 1.00. The summed E-state index contributed by atoms with van der Waals surface area (Å²) >= 11 is 16.1. The Kier molecular flexibility index (Phi) is 30.8. The Morgan fingerprint density at radius 3 is 1.53 bits per heavy atom. The van der Waals surface area contributed by atoms with Gasteiger partial charge < -0.3 is 2.85 Å². The van der Waals surface area contributed by atoms with Gasteiger partial charge in [0, 0.05) is 12.1 Å². The van der Waals surface area contributed by atoms with Crippen molar-refractivity contribution in [2.75, 3.05) is 17.9 Å². The zero-order chi connectivity index (χ0) is 13.1. The molecule has 0 amide bonds. The molecule has 0 rings (SSSR count). The van der Waals surface area contributed by atoms with Gasteiger partial charge in [-0.15, -0.1) is 33.8 Å². The molecule has 2 nitrogen and oxygen atoms in total. The third-order valence-corrected chi connectivity index (χ3v) is 1.95. The summed E-state index contributed by atoms with van der Waals surface area (Å²) in [5.41, 5.74) is 0. The van der Waals surface area contributed by atoms with Gasteiger partial charge in [-0.3, -0.25) is 0 Å². The number of halogens is 3. The average Bonchev–Trinajstić information content (AvgIpc) is 2.00. The van der Waals surface area contributed by atoms with E-state index in [0.717, 1.165) is 0 Å². The van der Waals surface area contributed by atoms with Gasteiger partial charge >= 0.3 is 23.1 Å². The van der Waals surface area contributed by atoms with Crippen LogP contribution in [0.2, 0.25) is 19.6 Å². The van der Waals surface area contributed by atoms with E-state index in [0.29, 0.717) is 12.3 Å². The first-order valence-corrected chi connectivity index (χ1v) is 14.3. The van der Waals surface area contributed by atoms with E-state index in [9.17, 15) is 8.42 Å². The van der Waals surface area contributed by atoms with Crippen LogP contribution in [0.5, 0.6) is 0 Å². The molecular formula is C7H23Cl3MgNoO2SSi2. The fourth-order valence-electron chi connectivity index (χ4n) is 0.317. The Bertz CT molecular complexity index is 229. The minimum atomic E-state index is -2.77. The van der Waals surface area contributed by atoms with Crippen molar-refractivity contribution < 1.29 is 11.3 Å². The molecule has 10 heteroatoms. The van der Waals surface area contributed by atoms with E-state index in [4.69, 9.17) is 33.8 Å². The summed E-state index contributed by atoms with van der Waals surface area (Å²) in [6, 6.07) is 0. The third-order valence-electron chi connectivity index (χ3n) is 0.649. The molecule has 0 aliphatic rings. The molecule has 0 aliphatic heterocycles. The maximum Gasteiger partial charge on any atom is 2.00 e. The molecule has 0 atom stereocenters. The summed E-state index contributed by atoms with van der Waals surface area (Å²) in [6.45, 7) is 4.19. The minimum Gasteiger partial charge on any atom is -1.00 e. The normalized spacial score (nSPS) is 9.59. The van der Waals surface area contributed by atoms with Gasteiger partial charge in [0.25, 0.3) is 0 Å². The van der Waals surface area contributed by atoms with Gasteiger partial charge in [-0.05, 0) is 29.8 Å². The Morgan fingerprint density at radius 1 is 1.24 bits per heavy atom. The van der Waals surface area contributed by atoms with E-state index in [-0.39, 0.29) is 31.7 Å². The van der Waals surface area contributed by atoms with Gasteiger partial charge in [0.05, 0.1) is 5.75 Å². The summed E-state index contributed by atoms with van der Waals surface area (Å²) in [4.78, 5) is 0. The predicted molar refractivity (Wildman–Crippen MR) is 88.0 cm³/mol. The standard InChI is InChI=1S/C4H9ClO2S.C2H6Cl2Si.CH6Si.Mg.No.2H/c1-8(6,7)4-2-3-5;1-5(2,3)4;1-2;;;;/h2-4H2,1H3;1-2H3;1-2H3;;;;/q;;;+2;;2*-1. The second kappa shape index (κ2) is 17.0. The summed E-state index contributed by atoms with van der Waals surface area (Å²) in [6.07, 6.45) is 1.76. The molecule has 0 bridgehead atoms. The van der Waals surface area contributed by atoms with E-state index in [1.165, 1.54) is 16.5 Å². The van der Waals surface area contributed by atoms with Crippen molar-refractivity contribution in [1.29, 1.82) is 0 Å². The molecule has 0 radical (unpaired) electrons. The van der Waals surface area contributed by atoms with Crippen molar-refractivity contribution in [3.63, 3.8) is 0 Å². The van der Waals surface area contributed by atoms with Gasteiger partial charge in [0.2, 0.25) is 6.69 Å². The van der Waals surface area contributed by atoms with Gasteiger partial charge in [0.1, 0.15) is 9.84 Å². The molecule has 0 saturated heterocycles. The monoisotopic (exact) mass is 615 g/mol. The molecule has 0 aromatic carbocycles. The zero-order valence-corrected chi connectivity index (χ0v) is 20.7. The molecule has 0 heterocycles. The molecule has 0 N–H and O–H groups in total. The number of alkyl halides is 1. The van der Waals surface area contributed by atoms with E-state index < -0.39 is 16.5 Å². The molecule has 0 aromatic heterocycles. The van der Waals surface area contributed by atoms with Crippen LogP contribution in [0, 0.1) is 0 Å². The minimum absolute atomic E-state index is 0. The number of rotatable bonds is 3. The first-order chi connectivity index (χ1) is 6.56. The average molecular weight is 617 g/mol. The smallest absolute Gasteiger partial charge is 1.00 e. The van der Waals surface area contributed by atoms with Crippen molar-refractivity contribution in [3.8, 4) is 0 Å². The van der Waals surface area contributed by atoms with E-state index >= 15 is 0 Å². The van der Waals surface area contributed by atoms with Crippen LogP contribution in [-0.2, 0) is 9.84 Å². The quantitative estimate of drug-likeness (QED) is 0.277. The molecule has 17 heavy (non-hydrogen) atoms. The molecule has 0 aromatic rings. The maximum atomic E-state index is 10.3. The molecule has 0 spiro atoms. The van der Waals surface area contributed by atoms with Crippen LogP contribution in [0.3, 0.4) is 0 Å². The van der Waals surface area contributed by atoms with Gasteiger partial charge in [0.15, 0.2) is 0 Å². The molecular weight excluding hydrogens is 594 g/mol. The van der Waals surface area contributed by atoms with E-state index in [1.807, 2.05) is 13.1 Å². The van der Waals surface area contributed by atoms with Gasteiger partial charge in [-0.25, -0.2) is 8.42 Å². The van der Waals surface area contributed by atoms with Crippen molar-refractivity contribution in [2.45, 2.75) is 26.1 Å². The predicted octanol–water partition coefficient (Wildman–Crippen LogP) is 2.07. The number of hydrogen-bond acceptors (Lipinski definition) is 2. The Labute approximate surface area is 138 Å². The molecule has 0 fully saturated rings. The SMILES string of the molecule is CS(=O)(=O)CCCCl.C[SiH3].C[Si](C)(Cl)Cl.[H-].[H-].[Mg+2].[No]. The van der Waals surface area contributed by atoms with Crippen LogP contribution in [0.4, 0.5) is 0 Å². The second-order valence-corrected chi connectivity index (χ2v) is 14.5. The Hall–Kier alpha value is 1.02. The summed E-state index contributed by atoms with van der Waals surface area (Å²) in [5.74, 6) is 0.629. The van der Waals surface area contributed by atoms with Crippen LogP contribution in [0.15, 0.2) is 0 Å². The molecule has 0 unspecified atom stereocenters. The van der Waals surface area contributed by atoms with Crippen LogP contribution in [0.25, 0.3) is 0 Å². The van der Waals surface area contributed by atoms with Gasteiger partial charge in [-0.2, -0.15) is 0 Å². The van der Waals surface area contributed by atoms with Crippen molar-refractivity contribution in [3.05, 3.63) is 0 Å². The van der Waals surface area contributed by atoms with Crippen LogP contribution < -0.4 is 0 Å². The summed E-state index contributed by atoms with van der Waals surface area (Å²) in [7, 11) is -1.47.